The van der Waals surface area contributed by atoms with Crippen molar-refractivity contribution in [2.45, 2.75) is 37.3 Å². The molecule has 2 aromatic heterocycles. The zero-order chi connectivity index (χ0) is 20.2. The summed E-state index contributed by atoms with van der Waals surface area (Å²) in [6.45, 7) is 0. The molecule has 0 atom stereocenters. The molecule has 0 bridgehead atoms. The highest BCUT2D eigenvalue weighted by atomic mass is 79.9. The normalized spacial score (nSPS) is 13.4. The van der Waals surface area contributed by atoms with E-state index < -0.39 is 0 Å². The van der Waals surface area contributed by atoms with Crippen molar-refractivity contribution in [3.05, 3.63) is 44.7 Å². The van der Waals surface area contributed by atoms with Crippen molar-refractivity contribution in [2.24, 2.45) is 0 Å². The van der Waals surface area contributed by atoms with Gasteiger partial charge in [-0.1, -0.05) is 34.1 Å². The van der Waals surface area contributed by atoms with E-state index in [-0.39, 0.29) is 11.7 Å². The number of carbonyl (C=O) groups excluding carboxylic acids is 1. The minimum Gasteiger partial charge on any atom is -0.411 e. The van der Waals surface area contributed by atoms with Crippen LogP contribution in [0.4, 0.5) is 5.00 Å². The Bertz CT molecular complexity index is 1070. The number of rotatable bonds is 5. The van der Waals surface area contributed by atoms with Crippen molar-refractivity contribution in [2.75, 3.05) is 11.1 Å². The number of nitrogens with zero attached hydrogens (tertiary/aromatic N) is 3. The summed E-state index contributed by atoms with van der Waals surface area (Å²) in [6, 6.07) is 9.83. The van der Waals surface area contributed by atoms with Crippen LogP contribution < -0.4 is 5.32 Å². The fourth-order valence-corrected chi connectivity index (χ4v) is 5.30. The first-order chi connectivity index (χ1) is 14.1. The lowest BCUT2D eigenvalue weighted by atomic mass is 10.1. The molecule has 148 valence electrons. The summed E-state index contributed by atoms with van der Waals surface area (Å²) < 4.78 is 6.60. The molecule has 4 rings (SSSR count). The molecule has 0 saturated carbocycles. The molecule has 0 spiro atoms. The Morgan fingerprint density at radius 2 is 2.03 bits per heavy atom. The Kier molecular flexibility index (Phi) is 6.33. The SMILES string of the molecule is N#Cc1c(NC(=O)CSc2nnc(-c3ccc(Br)cc3)o2)sc2c1CCCCC2. The number of aryl methyl sites for hydroxylation is 1. The van der Waals surface area contributed by atoms with Crippen LogP contribution in [-0.4, -0.2) is 21.9 Å². The highest BCUT2D eigenvalue weighted by Crippen LogP contribution is 2.37. The van der Waals surface area contributed by atoms with Gasteiger partial charge in [-0.25, -0.2) is 0 Å². The van der Waals surface area contributed by atoms with E-state index >= 15 is 0 Å². The first kappa shape index (κ1) is 20.1. The quantitative estimate of drug-likeness (QED) is 0.380. The summed E-state index contributed by atoms with van der Waals surface area (Å²) in [5.74, 6) is 0.357. The molecule has 0 saturated heterocycles. The number of nitrogens with one attached hydrogen (secondary N) is 1. The van der Waals surface area contributed by atoms with Crippen LogP contribution in [0.1, 0.15) is 35.3 Å². The van der Waals surface area contributed by atoms with E-state index in [0.717, 1.165) is 41.3 Å². The van der Waals surface area contributed by atoms with E-state index in [2.05, 4.69) is 37.5 Å². The van der Waals surface area contributed by atoms with Crippen LogP contribution >= 0.6 is 39.0 Å². The maximum Gasteiger partial charge on any atom is 0.277 e. The number of fused-ring (bicyclic) bond motifs is 1. The fraction of sp³-hybridized carbons (Fsp3) is 0.300. The van der Waals surface area contributed by atoms with Crippen LogP contribution in [0.2, 0.25) is 0 Å². The van der Waals surface area contributed by atoms with Gasteiger partial charge in [0.15, 0.2) is 0 Å². The van der Waals surface area contributed by atoms with Gasteiger partial charge in [-0.3, -0.25) is 4.79 Å². The zero-order valence-corrected chi connectivity index (χ0v) is 18.6. The summed E-state index contributed by atoms with van der Waals surface area (Å²) >= 11 is 6.10. The Labute approximate surface area is 184 Å². The van der Waals surface area contributed by atoms with E-state index in [1.807, 2.05) is 24.3 Å². The standard InChI is InChI=1S/C20H17BrN4O2S2/c21-13-8-6-12(7-9-13)18-24-25-20(27-18)28-11-17(26)23-19-15(10-22)14-4-2-1-3-5-16(14)29-19/h6-9H,1-5,11H2,(H,23,26). The first-order valence-corrected chi connectivity index (χ1v) is 11.8. The molecule has 1 amide bonds. The van der Waals surface area contributed by atoms with Crippen molar-refractivity contribution in [3.63, 3.8) is 0 Å². The van der Waals surface area contributed by atoms with Gasteiger partial charge in [0.2, 0.25) is 11.8 Å². The van der Waals surface area contributed by atoms with Gasteiger partial charge in [0, 0.05) is 14.9 Å². The molecular formula is C20H17BrN4O2S2. The average molecular weight is 489 g/mol. The lowest BCUT2D eigenvalue weighted by molar-refractivity contribution is -0.113. The minimum absolute atomic E-state index is 0.134. The van der Waals surface area contributed by atoms with Crippen LogP contribution in [0, 0.1) is 11.3 Å². The number of aromatic nitrogens is 2. The van der Waals surface area contributed by atoms with Gasteiger partial charge in [0.1, 0.15) is 11.1 Å². The van der Waals surface area contributed by atoms with Crippen molar-refractivity contribution >= 4 is 49.9 Å². The largest absolute Gasteiger partial charge is 0.411 e. The van der Waals surface area contributed by atoms with Crippen molar-refractivity contribution < 1.29 is 9.21 Å². The van der Waals surface area contributed by atoms with E-state index in [1.165, 1.54) is 34.4 Å². The molecule has 1 aliphatic rings. The third kappa shape index (κ3) is 4.71. The topological polar surface area (TPSA) is 91.8 Å². The van der Waals surface area contributed by atoms with Gasteiger partial charge in [-0.15, -0.1) is 21.5 Å². The number of halogens is 1. The maximum absolute atomic E-state index is 12.4. The average Bonchev–Trinajstić information content (AvgIpc) is 3.24. The third-order valence-corrected chi connectivity index (χ3v) is 7.16. The number of carbonyl (C=O) groups is 1. The van der Waals surface area contributed by atoms with Gasteiger partial charge >= 0.3 is 0 Å². The zero-order valence-electron chi connectivity index (χ0n) is 15.4. The highest BCUT2D eigenvalue weighted by Gasteiger charge is 2.21. The molecule has 2 heterocycles. The lowest BCUT2D eigenvalue weighted by Gasteiger charge is -2.02. The van der Waals surface area contributed by atoms with Gasteiger partial charge < -0.3 is 9.73 Å². The van der Waals surface area contributed by atoms with E-state index in [0.29, 0.717) is 21.7 Å². The molecular weight excluding hydrogens is 472 g/mol. The minimum atomic E-state index is -0.189. The van der Waals surface area contributed by atoms with E-state index in [1.54, 1.807) is 0 Å². The number of thiophene rings is 1. The van der Waals surface area contributed by atoms with Crippen LogP contribution in [-0.2, 0) is 17.6 Å². The fourth-order valence-electron chi connectivity index (χ4n) is 3.22. The highest BCUT2D eigenvalue weighted by molar-refractivity contribution is 9.10. The molecule has 0 fully saturated rings. The Morgan fingerprint density at radius 1 is 1.24 bits per heavy atom. The molecule has 0 radical (unpaired) electrons. The monoisotopic (exact) mass is 488 g/mol. The summed E-state index contributed by atoms with van der Waals surface area (Å²) in [5, 5.41) is 21.5. The number of benzene rings is 1. The summed E-state index contributed by atoms with van der Waals surface area (Å²) in [5.41, 5.74) is 2.56. The smallest absolute Gasteiger partial charge is 0.277 e. The van der Waals surface area contributed by atoms with Gasteiger partial charge in [-0.05, 0) is 55.5 Å². The summed E-state index contributed by atoms with van der Waals surface area (Å²) in [7, 11) is 0. The molecule has 0 unspecified atom stereocenters. The second-order valence-electron chi connectivity index (χ2n) is 6.60. The van der Waals surface area contributed by atoms with Crippen LogP contribution in [0.5, 0.6) is 0 Å². The molecule has 1 N–H and O–H groups in total. The number of anilines is 1. The first-order valence-electron chi connectivity index (χ1n) is 9.21. The number of nitriles is 1. The molecule has 1 aliphatic carbocycles. The van der Waals surface area contributed by atoms with Gasteiger partial charge in [0.05, 0.1) is 11.3 Å². The predicted octanol–water partition coefficient (Wildman–Crippen LogP) is 5.43. The van der Waals surface area contributed by atoms with Crippen molar-refractivity contribution in [1.82, 2.24) is 10.2 Å². The Balaban J connectivity index is 1.39. The number of thioether (sulfide) groups is 1. The van der Waals surface area contributed by atoms with Crippen LogP contribution in [0.3, 0.4) is 0 Å². The van der Waals surface area contributed by atoms with Gasteiger partial charge in [0.25, 0.3) is 5.22 Å². The van der Waals surface area contributed by atoms with Crippen molar-refractivity contribution in [1.29, 1.82) is 5.26 Å². The molecule has 9 heteroatoms. The maximum atomic E-state index is 12.4. The summed E-state index contributed by atoms with van der Waals surface area (Å²) in [6.07, 6.45) is 5.33. The third-order valence-electron chi connectivity index (χ3n) is 4.61. The second-order valence-corrected chi connectivity index (χ2v) is 9.54. The van der Waals surface area contributed by atoms with Crippen LogP contribution in [0.15, 0.2) is 38.4 Å². The number of hydrogen-bond donors (Lipinski definition) is 1. The Morgan fingerprint density at radius 3 is 2.83 bits per heavy atom. The number of amides is 1. The molecule has 1 aromatic carbocycles. The van der Waals surface area contributed by atoms with E-state index in [4.69, 9.17) is 4.42 Å². The predicted molar refractivity (Wildman–Crippen MR) is 117 cm³/mol. The van der Waals surface area contributed by atoms with Gasteiger partial charge in [-0.2, -0.15) is 5.26 Å². The molecule has 29 heavy (non-hydrogen) atoms. The lowest BCUT2D eigenvalue weighted by Crippen LogP contribution is -2.14. The molecule has 0 aliphatic heterocycles. The van der Waals surface area contributed by atoms with Crippen molar-refractivity contribution in [3.8, 4) is 17.5 Å². The Hall–Kier alpha value is -2.15. The van der Waals surface area contributed by atoms with E-state index in [9.17, 15) is 10.1 Å². The summed E-state index contributed by atoms with van der Waals surface area (Å²) in [4.78, 5) is 13.7. The van der Waals surface area contributed by atoms with Crippen LogP contribution in [0.25, 0.3) is 11.5 Å². The molecule has 3 aromatic rings. The second kappa shape index (κ2) is 9.11. The molecule has 6 nitrogen and oxygen atoms in total. The number of hydrogen-bond acceptors (Lipinski definition) is 7.